The first-order chi connectivity index (χ1) is 12.5. The van der Waals surface area contributed by atoms with E-state index in [0.29, 0.717) is 18.8 Å². The van der Waals surface area contributed by atoms with Gasteiger partial charge in [0, 0.05) is 39.0 Å². The van der Waals surface area contributed by atoms with Gasteiger partial charge in [0.15, 0.2) is 5.75 Å². The summed E-state index contributed by atoms with van der Waals surface area (Å²) in [6.45, 7) is 7.40. The van der Waals surface area contributed by atoms with Gasteiger partial charge in [0.25, 0.3) is 0 Å². The largest absolute Gasteiger partial charge is 0.487 e. The first-order valence-corrected chi connectivity index (χ1v) is 9.82. The first-order valence-electron chi connectivity index (χ1n) is 9.82. The Hall–Kier alpha value is -1.89. The van der Waals surface area contributed by atoms with Gasteiger partial charge in [-0.2, -0.15) is 0 Å². The average molecular weight is 361 g/mol. The fourth-order valence-electron chi connectivity index (χ4n) is 3.51. The van der Waals surface area contributed by atoms with Crippen molar-refractivity contribution in [2.24, 2.45) is 11.7 Å². The van der Waals surface area contributed by atoms with E-state index >= 15 is 0 Å². The van der Waals surface area contributed by atoms with Crippen molar-refractivity contribution in [2.45, 2.75) is 58.1 Å². The Balaban J connectivity index is 1.48. The van der Waals surface area contributed by atoms with Crippen LogP contribution in [-0.4, -0.2) is 59.1 Å². The van der Waals surface area contributed by atoms with E-state index in [9.17, 15) is 4.79 Å². The zero-order valence-electron chi connectivity index (χ0n) is 15.9. The number of nitrogens with two attached hydrogens (primary N) is 1. The van der Waals surface area contributed by atoms with Gasteiger partial charge in [0.05, 0.1) is 18.4 Å². The van der Waals surface area contributed by atoms with E-state index in [0.717, 1.165) is 31.9 Å². The van der Waals surface area contributed by atoms with Crippen molar-refractivity contribution >= 4 is 11.9 Å². The van der Waals surface area contributed by atoms with Crippen molar-refractivity contribution in [1.82, 2.24) is 14.9 Å². The molecule has 0 aromatic carbocycles. The molecule has 2 N–H and O–H groups in total. The third-order valence-corrected chi connectivity index (χ3v) is 5.31. The smallest absolute Gasteiger partial charge is 0.239 e. The number of rotatable bonds is 5. The molecule has 0 bridgehead atoms. The lowest BCUT2D eigenvalue weighted by Gasteiger charge is -2.34. The lowest BCUT2D eigenvalue weighted by molar-refractivity contribution is -0.135. The predicted molar refractivity (Wildman–Crippen MR) is 101 cm³/mol. The van der Waals surface area contributed by atoms with E-state index in [1.165, 1.54) is 19.3 Å². The molecule has 144 valence electrons. The lowest BCUT2D eigenvalue weighted by atomic mass is 10.0. The number of hydrogen-bond acceptors (Lipinski definition) is 6. The summed E-state index contributed by atoms with van der Waals surface area (Å²) in [5.74, 6) is 1.70. The molecule has 0 radical (unpaired) electrons. The molecule has 2 aliphatic heterocycles. The normalized spacial score (nSPS) is 20.3. The van der Waals surface area contributed by atoms with Crippen LogP contribution in [0.1, 0.15) is 46.0 Å². The SMILES string of the molecule is CC(C)[C@H](N)C(=O)N1CCC(Oc2cnc(N3CCCCC3)nc2)CC1. The Morgan fingerprint density at radius 3 is 2.31 bits per heavy atom. The van der Waals surface area contributed by atoms with Gasteiger partial charge in [0.1, 0.15) is 6.10 Å². The number of amides is 1. The first kappa shape index (κ1) is 18.9. The second-order valence-corrected chi connectivity index (χ2v) is 7.68. The van der Waals surface area contributed by atoms with Gasteiger partial charge >= 0.3 is 0 Å². The molecule has 0 spiro atoms. The van der Waals surface area contributed by atoms with E-state index in [1.54, 1.807) is 12.4 Å². The van der Waals surface area contributed by atoms with Gasteiger partial charge in [-0.05, 0) is 25.2 Å². The fourth-order valence-corrected chi connectivity index (χ4v) is 3.51. The molecule has 2 aliphatic rings. The van der Waals surface area contributed by atoms with Crippen LogP contribution in [0.15, 0.2) is 12.4 Å². The van der Waals surface area contributed by atoms with Crippen molar-refractivity contribution < 1.29 is 9.53 Å². The third-order valence-electron chi connectivity index (χ3n) is 5.31. The second-order valence-electron chi connectivity index (χ2n) is 7.68. The van der Waals surface area contributed by atoms with Crippen LogP contribution in [0.3, 0.4) is 0 Å². The molecule has 1 amide bonds. The maximum Gasteiger partial charge on any atom is 0.239 e. The summed E-state index contributed by atoms with van der Waals surface area (Å²) in [7, 11) is 0. The van der Waals surface area contributed by atoms with Crippen LogP contribution in [0.4, 0.5) is 5.95 Å². The van der Waals surface area contributed by atoms with Crippen molar-refractivity contribution in [3.63, 3.8) is 0 Å². The number of anilines is 1. The van der Waals surface area contributed by atoms with E-state index in [-0.39, 0.29) is 17.9 Å². The van der Waals surface area contributed by atoms with Crippen molar-refractivity contribution in [3.8, 4) is 5.75 Å². The van der Waals surface area contributed by atoms with Gasteiger partial charge in [0.2, 0.25) is 11.9 Å². The Morgan fingerprint density at radius 2 is 1.73 bits per heavy atom. The molecule has 0 aliphatic carbocycles. The predicted octanol–water partition coefficient (Wildman–Crippen LogP) is 1.82. The van der Waals surface area contributed by atoms with Crippen LogP contribution in [0, 0.1) is 5.92 Å². The standard InChI is InChI=1S/C19H31N5O2/c1-14(2)17(20)18(25)23-10-6-15(7-11-23)26-16-12-21-19(22-13-16)24-8-4-3-5-9-24/h12-15,17H,3-11,20H2,1-2H3/t17-/m0/s1. The van der Waals surface area contributed by atoms with Crippen LogP contribution >= 0.6 is 0 Å². The Labute approximate surface area is 155 Å². The molecule has 1 aromatic heterocycles. The summed E-state index contributed by atoms with van der Waals surface area (Å²) in [5.41, 5.74) is 5.98. The highest BCUT2D eigenvalue weighted by Gasteiger charge is 2.28. The highest BCUT2D eigenvalue weighted by atomic mass is 16.5. The highest BCUT2D eigenvalue weighted by Crippen LogP contribution is 2.21. The topological polar surface area (TPSA) is 84.6 Å². The van der Waals surface area contributed by atoms with Gasteiger partial charge in [-0.3, -0.25) is 4.79 Å². The number of likely N-dealkylation sites (tertiary alicyclic amines) is 1. The van der Waals surface area contributed by atoms with Crippen LogP contribution in [0.25, 0.3) is 0 Å². The summed E-state index contributed by atoms with van der Waals surface area (Å²) in [6.07, 6.45) is 8.96. The molecule has 26 heavy (non-hydrogen) atoms. The molecule has 7 heteroatoms. The molecule has 1 atom stereocenters. The Bertz CT molecular complexity index is 578. The molecule has 2 saturated heterocycles. The molecular weight excluding hydrogens is 330 g/mol. The molecule has 7 nitrogen and oxygen atoms in total. The summed E-state index contributed by atoms with van der Waals surface area (Å²) in [6, 6.07) is -0.414. The molecule has 0 saturated carbocycles. The van der Waals surface area contributed by atoms with E-state index in [4.69, 9.17) is 10.5 Å². The van der Waals surface area contributed by atoms with E-state index in [1.807, 2.05) is 18.7 Å². The second kappa shape index (κ2) is 8.66. The summed E-state index contributed by atoms with van der Waals surface area (Å²) < 4.78 is 6.02. The number of nitrogens with zero attached hydrogens (tertiary/aromatic N) is 4. The number of hydrogen-bond donors (Lipinski definition) is 1. The molecular formula is C19H31N5O2. The quantitative estimate of drug-likeness (QED) is 0.861. The van der Waals surface area contributed by atoms with Crippen LogP contribution in [0.2, 0.25) is 0 Å². The van der Waals surface area contributed by atoms with Gasteiger partial charge in [-0.15, -0.1) is 0 Å². The maximum atomic E-state index is 12.3. The summed E-state index contributed by atoms with van der Waals surface area (Å²) in [5, 5.41) is 0. The number of piperidine rings is 2. The average Bonchev–Trinajstić information content (AvgIpc) is 2.68. The number of carbonyl (C=O) groups excluding carboxylic acids is 1. The van der Waals surface area contributed by atoms with Crippen molar-refractivity contribution in [1.29, 1.82) is 0 Å². The van der Waals surface area contributed by atoms with Gasteiger partial charge in [-0.25, -0.2) is 9.97 Å². The molecule has 2 fully saturated rings. The summed E-state index contributed by atoms with van der Waals surface area (Å²) in [4.78, 5) is 25.3. The minimum absolute atomic E-state index is 0.0488. The minimum Gasteiger partial charge on any atom is -0.487 e. The van der Waals surface area contributed by atoms with Gasteiger partial charge < -0.3 is 20.3 Å². The van der Waals surface area contributed by atoms with Crippen LogP contribution in [-0.2, 0) is 4.79 Å². The van der Waals surface area contributed by atoms with Gasteiger partial charge in [-0.1, -0.05) is 13.8 Å². The Kier molecular flexibility index (Phi) is 6.29. The molecule has 1 aromatic rings. The monoisotopic (exact) mass is 361 g/mol. The third kappa shape index (κ3) is 4.63. The minimum atomic E-state index is -0.414. The zero-order chi connectivity index (χ0) is 18.5. The molecule has 3 heterocycles. The molecule has 3 rings (SSSR count). The zero-order valence-corrected chi connectivity index (χ0v) is 15.9. The number of carbonyl (C=O) groups is 1. The number of ether oxygens (including phenoxy) is 1. The van der Waals surface area contributed by atoms with E-state index in [2.05, 4.69) is 14.9 Å². The maximum absolute atomic E-state index is 12.3. The van der Waals surface area contributed by atoms with Crippen molar-refractivity contribution in [2.75, 3.05) is 31.1 Å². The van der Waals surface area contributed by atoms with Crippen LogP contribution < -0.4 is 15.4 Å². The lowest BCUT2D eigenvalue weighted by Crippen LogP contribution is -2.50. The van der Waals surface area contributed by atoms with Crippen molar-refractivity contribution in [3.05, 3.63) is 12.4 Å². The van der Waals surface area contributed by atoms with E-state index < -0.39 is 6.04 Å². The highest BCUT2D eigenvalue weighted by molar-refractivity contribution is 5.82. The number of aromatic nitrogens is 2. The van der Waals surface area contributed by atoms with Crippen LogP contribution in [0.5, 0.6) is 5.75 Å². The Morgan fingerprint density at radius 1 is 1.12 bits per heavy atom. The summed E-state index contributed by atoms with van der Waals surface area (Å²) >= 11 is 0. The molecule has 0 unspecified atom stereocenters. The fraction of sp³-hybridized carbons (Fsp3) is 0.737.